The van der Waals surface area contributed by atoms with Gasteiger partial charge in [-0.1, -0.05) is 18.2 Å². The molecule has 2 rings (SSSR count). The van der Waals surface area contributed by atoms with E-state index >= 15 is 0 Å². The van der Waals surface area contributed by atoms with E-state index in [0.29, 0.717) is 25.5 Å². The second-order valence-corrected chi connectivity index (χ2v) is 9.56. The van der Waals surface area contributed by atoms with Crippen molar-refractivity contribution in [1.29, 1.82) is 0 Å². The van der Waals surface area contributed by atoms with Gasteiger partial charge in [0.15, 0.2) is 5.96 Å². The molecule has 1 atom stereocenters. The molecule has 164 valence electrons. The minimum Gasteiger partial charge on any atom is -0.492 e. The predicted octanol–water partition coefficient (Wildman–Crippen LogP) is 0.886. The Morgan fingerprint density at radius 2 is 2.03 bits per heavy atom. The van der Waals surface area contributed by atoms with Gasteiger partial charge >= 0.3 is 0 Å². The van der Waals surface area contributed by atoms with Crippen LogP contribution in [-0.4, -0.2) is 83.8 Å². The first-order valence-electron chi connectivity index (χ1n) is 10.0. The van der Waals surface area contributed by atoms with Crippen LogP contribution in [0.5, 0.6) is 5.75 Å². The quantitative estimate of drug-likeness (QED) is 0.424. The van der Waals surface area contributed by atoms with Gasteiger partial charge in [0.25, 0.3) is 0 Å². The van der Waals surface area contributed by atoms with Crippen molar-refractivity contribution in [3.8, 4) is 5.75 Å². The monoisotopic (exact) mass is 426 g/mol. The van der Waals surface area contributed by atoms with Crippen LogP contribution in [0.15, 0.2) is 29.3 Å². The van der Waals surface area contributed by atoms with Crippen molar-refractivity contribution in [2.24, 2.45) is 4.99 Å². The fourth-order valence-electron chi connectivity index (χ4n) is 2.97. The molecule has 0 radical (unpaired) electrons. The number of ether oxygens (including phenoxy) is 2. The molecule has 1 aliphatic rings. The maximum absolute atomic E-state index is 11.3. The summed E-state index contributed by atoms with van der Waals surface area (Å²) in [5.41, 5.74) is 1.04. The van der Waals surface area contributed by atoms with Crippen LogP contribution in [-0.2, 0) is 21.1 Å². The summed E-state index contributed by atoms with van der Waals surface area (Å²) in [6, 6.07) is 7.94. The van der Waals surface area contributed by atoms with Crippen LogP contribution >= 0.6 is 0 Å². The molecule has 1 unspecified atom stereocenters. The Balaban J connectivity index is 1.80. The molecule has 9 heteroatoms. The van der Waals surface area contributed by atoms with E-state index in [-0.39, 0.29) is 11.8 Å². The number of hydrogen-bond acceptors (Lipinski definition) is 6. The van der Waals surface area contributed by atoms with Crippen LogP contribution < -0.4 is 15.4 Å². The standard InChI is InChI=1S/C20H34N4O4S/c1-17(8-15-29(3,25)26)23-20(21-2)22-16-18-6-4-5-7-19(18)28-14-11-24-9-12-27-13-10-24/h4-7,17H,8-16H2,1-3H3,(H2,21,22,23). The number of guanidine groups is 1. The SMILES string of the molecule is CN=C(NCc1ccccc1OCCN1CCOCC1)NC(C)CCS(C)(=O)=O. The molecule has 1 aromatic rings. The van der Waals surface area contributed by atoms with Gasteiger partial charge in [-0.05, 0) is 19.4 Å². The first-order chi connectivity index (χ1) is 13.9. The number of sulfone groups is 1. The average molecular weight is 427 g/mol. The first-order valence-corrected chi connectivity index (χ1v) is 12.1. The zero-order valence-corrected chi connectivity index (χ0v) is 18.5. The summed E-state index contributed by atoms with van der Waals surface area (Å²) in [6.07, 6.45) is 1.78. The van der Waals surface area contributed by atoms with E-state index in [9.17, 15) is 8.42 Å². The van der Waals surface area contributed by atoms with E-state index in [0.717, 1.165) is 44.2 Å². The minimum atomic E-state index is -2.97. The van der Waals surface area contributed by atoms with Gasteiger partial charge in [-0.2, -0.15) is 0 Å². The molecule has 8 nitrogen and oxygen atoms in total. The third-order valence-electron chi connectivity index (χ3n) is 4.72. The summed E-state index contributed by atoms with van der Waals surface area (Å²) >= 11 is 0. The third kappa shape index (κ3) is 9.47. The van der Waals surface area contributed by atoms with Gasteiger partial charge in [0.2, 0.25) is 0 Å². The second kappa shape index (κ2) is 12.0. The summed E-state index contributed by atoms with van der Waals surface area (Å²) in [5, 5.41) is 6.51. The zero-order chi connectivity index (χ0) is 21.1. The predicted molar refractivity (Wildman–Crippen MR) is 116 cm³/mol. The highest BCUT2D eigenvalue weighted by molar-refractivity contribution is 7.90. The van der Waals surface area contributed by atoms with E-state index in [4.69, 9.17) is 9.47 Å². The highest BCUT2D eigenvalue weighted by Gasteiger charge is 2.12. The molecular weight excluding hydrogens is 392 g/mol. The zero-order valence-electron chi connectivity index (χ0n) is 17.7. The van der Waals surface area contributed by atoms with Crippen LogP contribution in [0, 0.1) is 0 Å². The number of para-hydroxylation sites is 1. The fraction of sp³-hybridized carbons (Fsp3) is 0.650. The summed E-state index contributed by atoms with van der Waals surface area (Å²) in [7, 11) is -1.27. The normalized spacial score (nSPS) is 17.0. The van der Waals surface area contributed by atoms with Crippen LogP contribution in [0.2, 0.25) is 0 Å². The smallest absolute Gasteiger partial charge is 0.191 e. The highest BCUT2D eigenvalue weighted by atomic mass is 32.2. The maximum Gasteiger partial charge on any atom is 0.191 e. The Labute approximate surface area is 174 Å². The van der Waals surface area contributed by atoms with Crippen molar-refractivity contribution in [1.82, 2.24) is 15.5 Å². The van der Waals surface area contributed by atoms with Gasteiger partial charge < -0.3 is 20.1 Å². The number of hydrogen-bond donors (Lipinski definition) is 2. The number of benzene rings is 1. The molecule has 0 saturated carbocycles. The van der Waals surface area contributed by atoms with E-state index in [1.807, 2.05) is 31.2 Å². The maximum atomic E-state index is 11.3. The molecule has 0 aromatic heterocycles. The van der Waals surface area contributed by atoms with E-state index in [1.165, 1.54) is 6.26 Å². The largest absolute Gasteiger partial charge is 0.492 e. The lowest BCUT2D eigenvalue weighted by atomic mass is 10.2. The van der Waals surface area contributed by atoms with Crippen molar-refractivity contribution in [2.45, 2.75) is 25.9 Å². The summed E-state index contributed by atoms with van der Waals surface area (Å²) in [4.78, 5) is 6.57. The van der Waals surface area contributed by atoms with Gasteiger partial charge in [-0.25, -0.2) is 8.42 Å². The molecule has 1 aromatic carbocycles. The summed E-state index contributed by atoms with van der Waals surface area (Å²) in [5.74, 6) is 1.64. The van der Waals surface area contributed by atoms with Crippen LogP contribution in [0.4, 0.5) is 0 Å². The van der Waals surface area contributed by atoms with Crippen molar-refractivity contribution >= 4 is 15.8 Å². The first kappa shape index (κ1) is 23.4. The second-order valence-electron chi connectivity index (χ2n) is 7.30. The molecule has 0 spiro atoms. The molecule has 29 heavy (non-hydrogen) atoms. The molecule has 2 N–H and O–H groups in total. The Morgan fingerprint density at radius 1 is 1.31 bits per heavy atom. The van der Waals surface area contributed by atoms with E-state index in [1.54, 1.807) is 7.05 Å². The van der Waals surface area contributed by atoms with Crippen molar-refractivity contribution in [2.75, 3.05) is 58.5 Å². The molecule has 1 fully saturated rings. The number of nitrogens with zero attached hydrogens (tertiary/aromatic N) is 2. The topological polar surface area (TPSA) is 92.3 Å². The van der Waals surface area contributed by atoms with Crippen molar-refractivity contribution < 1.29 is 17.9 Å². The molecule has 1 aliphatic heterocycles. The van der Waals surface area contributed by atoms with Gasteiger partial charge in [-0.3, -0.25) is 9.89 Å². The fourth-order valence-corrected chi connectivity index (χ4v) is 3.75. The minimum absolute atomic E-state index is 0.00376. The van der Waals surface area contributed by atoms with Crippen LogP contribution in [0.25, 0.3) is 0 Å². The number of morpholine rings is 1. The number of nitrogens with one attached hydrogen (secondary N) is 2. The van der Waals surface area contributed by atoms with E-state index in [2.05, 4.69) is 20.5 Å². The number of rotatable bonds is 10. The molecule has 1 heterocycles. The Kier molecular flexibility index (Phi) is 9.69. The highest BCUT2D eigenvalue weighted by Crippen LogP contribution is 2.17. The Bertz CT molecular complexity index is 749. The van der Waals surface area contributed by atoms with Gasteiger partial charge in [-0.15, -0.1) is 0 Å². The van der Waals surface area contributed by atoms with Crippen molar-refractivity contribution in [3.05, 3.63) is 29.8 Å². The van der Waals surface area contributed by atoms with Gasteiger partial charge in [0.05, 0.1) is 19.0 Å². The van der Waals surface area contributed by atoms with E-state index < -0.39 is 9.84 Å². The average Bonchev–Trinajstić information content (AvgIpc) is 2.70. The Hall–Kier alpha value is -1.84. The molecule has 0 amide bonds. The lowest BCUT2D eigenvalue weighted by Crippen LogP contribution is -2.42. The molecule has 0 bridgehead atoms. The summed E-state index contributed by atoms with van der Waals surface area (Å²) in [6.45, 7) is 7.49. The number of aliphatic imine (C=N–C) groups is 1. The Morgan fingerprint density at radius 3 is 2.72 bits per heavy atom. The summed E-state index contributed by atoms with van der Waals surface area (Å²) < 4.78 is 34.0. The molecule has 0 aliphatic carbocycles. The van der Waals surface area contributed by atoms with Crippen molar-refractivity contribution in [3.63, 3.8) is 0 Å². The van der Waals surface area contributed by atoms with Gasteiger partial charge in [0.1, 0.15) is 22.2 Å². The van der Waals surface area contributed by atoms with Crippen LogP contribution in [0.3, 0.4) is 0 Å². The lowest BCUT2D eigenvalue weighted by molar-refractivity contribution is 0.0322. The van der Waals surface area contributed by atoms with Crippen LogP contribution in [0.1, 0.15) is 18.9 Å². The lowest BCUT2D eigenvalue weighted by Gasteiger charge is -2.26. The molecule has 1 saturated heterocycles. The van der Waals surface area contributed by atoms with Gasteiger partial charge in [0, 0.05) is 51.1 Å². The molecular formula is C20H34N4O4S. The third-order valence-corrected chi connectivity index (χ3v) is 5.69.